The average molecular weight is 361 g/mol. The van der Waals surface area contributed by atoms with Gasteiger partial charge in [0, 0.05) is 17.7 Å². The van der Waals surface area contributed by atoms with E-state index in [2.05, 4.69) is 16.8 Å². The van der Waals surface area contributed by atoms with Crippen LogP contribution >= 0.6 is 0 Å². The van der Waals surface area contributed by atoms with Gasteiger partial charge < -0.3 is 14.4 Å². The topological polar surface area (TPSA) is 63.5 Å². The Balaban J connectivity index is 1.67. The molecule has 2 aromatic rings. The molecule has 136 valence electrons. The largest absolute Gasteiger partial charge is 0.486 e. The molecule has 27 heavy (non-hydrogen) atoms. The Morgan fingerprint density at radius 3 is 2.78 bits per heavy atom. The monoisotopic (exact) mass is 361 g/mol. The number of para-hydroxylation sites is 1. The summed E-state index contributed by atoms with van der Waals surface area (Å²) in [5.41, 5.74) is 3.50. The number of carbonyl (C=O) groups excluding carboxylic acids is 1. The van der Waals surface area contributed by atoms with E-state index in [4.69, 9.17) is 9.47 Å². The third-order valence-corrected chi connectivity index (χ3v) is 4.47. The second-order valence-corrected chi connectivity index (χ2v) is 6.21. The number of carbonyl (C=O) groups is 1. The van der Waals surface area contributed by atoms with Crippen LogP contribution in [0.2, 0.25) is 0 Å². The fourth-order valence-electron chi connectivity index (χ4n) is 3.12. The van der Waals surface area contributed by atoms with Crippen LogP contribution in [0, 0.1) is 0 Å². The van der Waals surface area contributed by atoms with E-state index in [0.717, 1.165) is 22.6 Å². The molecule has 0 saturated carbocycles. The fraction of sp³-hybridized carbons (Fsp3) is 0.190. The lowest BCUT2D eigenvalue weighted by Crippen LogP contribution is -2.30. The Morgan fingerprint density at radius 1 is 1.19 bits per heavy atom. The zero-order chi connectivity index (χ0) is 18.8. The molecule has 0 aliphatic carbocycles. The predicted molar refractivity (Wildman–Crippen MR) is 105 cm³/mol. The van der Waals surface area contributed by atoms with Crippen molar-refractivity contribution in [3.63, 3.8) is 0 Å². The number of amides is 1. The van der Waals surface area contributed by atoms with Gasteiger partial charge in [-0.2, -0.15) is 5.10 Å². The molecule has 2 aliphatic heterocycles. The second-order valence-electron chi connectivity index (χ2n) is 6.21. The molecule has 0 spiro atoms. The minimum atomic E-state index is -0.171. The first-order valence-corrected chi connectivity index (χ1v) is 8.73. The zero-order valence-corrected chi connectivity index (χ0v) is 15.0. The molecule has 0 atom stereocenters. The van der Waals surface area contributed by atoms with Crippen molar-refractivity contribution < 1.29 is 14.3 Å². The summed E-state index contributed by atoms with van der Waals surface area (Å²) in [6, 6.07) is 13.2. The Kier molecular flexibility index (Phi) is 4.46. The van der Waals surface area contributed by atoms with Crippen LogP contribution in [0.25, 0.3) is 0 Å². The van der Waals surface area contributed by atoms with Gasteiger partial charge in [0.25, 0.3) is 5.91 Å². The first kappa shape index (κ1) is 17.0. The van der Waals surface area contributed by atoms with E-state index < -0.39 is 0 Å². The van der Waals surface area contributed by atoms with Crippen molar-refractivity contribution in [1.82, 2.24) is 0 Å². The molecule has 0 unspecified atom stereocenters. The van der Waals surface area contributed by atoms with Crippen molar-refractivity contribution in [3.8, 4) is 11.5 Å². The van der Waals surface area contributed by atoms with Gasteiger partial charge in [-0.3, -0.25) is 4.79 Å². The molecule has 6 heteroatoms. The highest BCUT2D eigenvalue weighted by molar-refractivity contribution is 6.54. The van der Waals surface area contributed by atoms with E-state index in [1.54, 1.807) is 11.0 Å². The van der Waals surface area contributed by atoms with E-state index in [9.17, 15) is 4.79 Å². The van der Waals surface area contributed by atoms with E-state index in [0.29, 0.717) is 36.9 Å². The van der Waals surface area contributed by atoms with Crippen LogP contribution in [0.5, 0.6) is 11.5 Å². The zero-order valence-electron chi connectivity index (χ0n) is 15.0. The van der Waals surface area contributed by atoms with E-state index >= 15 is 0 Å². The highest BCUT2D eigenvalue weighted by Gasteiger charge is 2.33. The summed E-state index contributed by atoms with van der Waals surface area (Å²) in [6.07, 6.45) is 1.70. The van der Waals surface area contributed by atoms with Gasteiger partial charge in [0.1, 0.15) is 13.2 Å². The highest BCUT2D eigenvalue weighted by Crippen LogP contribution is 2.31. The maximum absolute atomic E-state index is 12.7. The van der Waals surface area contributed by atoms with E-state index in [1.807, 2.05) is 49.4 Å². The molecule has 1 amide bonds. The number of fused-ring (bicyclic) bond motifs is 2. The standard InChI is InChI=1S/C21H19N3O3/c1-3-10-24-17-7-5-4-6-16(17)20(21(24)25)23-22-14(2)15-8-9-18-19(13-15)27-12-11-26-18/h3-9,13H,1,10-12H2,2H3/b22-14-,23-20-. The Hall–Kier alpha value is -3.41. The van der Waals surface area contributed by atoms with E-state index in [1.165, 1.54) is 0 Å². The normalized spacial score (nSPS) is 17.2. The number of hydrogen-bond acceptors (Lipinski definition) is 5. The molecule has 4 rings (SSSR count). The Bertz CT molecular complexity index is 978. The van der Waals surface area contributed by atoms with Crippen LogP contribution in [0.3, 0.4) is 0 Å². The van der Waals surface area contributed by atoms with Gasteiger partial charge in [-0.15, -0.1) is 11.7 Å². The number of hydrogen-bond donors (Lipinski definition) is 0. The van der Waals surface area contributed by atoms with Gasteiger partial charge in [-0.25, -0.2) is 0 Å². The minimum Gasteiger partial charge on any atom is -0.486 e. The SMILES string of the molecule is C=CCN1C(=O)/C(=N\N=C(\C)c2ccc3c(c2)OCCO3)c2ccccc21. The van der Waals surface area contributed by atoms with Crippen molar-refractivity contribution in [2.45, 2.75) is 6.92 Å². The van der Waals surface area contributed by atoms with Gasteiger partial charge >= 0.3 is 0 Å². The van der Waals surface area contributed by atoms with Crippen molar-refractivity contribution >= 4 is 23.0 Å². The molecule has 0 radical (unpaired) electrons. The van der Waals surface area contributed by atoms with Crippen molar-refractivity contribution in [2.75, 3.05) is 24.7 Å². The molecular weight excluding hydrogens is 342 g/mol. The maximum Gasteiger partial charge on any atom is 0.279 e. The maximum atomic E-state index is 12.7. The quantitative estimate of drug-likeness (QED) is 0.477. The molecule has 2 heterocycles. The molecule has 0 saturated heterocycles. The Morgan fingerprint density at radius 2 is 1.96 bits per heavy atom. The summed E-state index contributed by atoms with van der Waals surface area (Å²) in [5.74, 6) is 1.25. The van der Waals surface area contributed by atoms with Gasteiger partial charge in [-0.05, 0) is 31.2 Å². The summed E-state index contributed by atoms with van der Waals surface area (Å²) >= 11 is 0. The molecular formula is C21H19N3O3. The van der Waals surface area contributed by atoms with E-state index in [-0.39, 0.29) is 5.91 Å². The number of rotatable bonds is 4. The lowest BCUT2D eigenvalue weighted by atomic mass is 10.1. The third-order valence-electron chi connectivity index (χ3n) is 4.47. The number of anilines is 1. The number of benzene rings is 2. The van der Waals surface area contributed by atoms with Gasteiger partial charge in [0.2, 0.25) is 0 Å². The molecule has 2 aliphatic rings. The van der Waals surface area contributed by atoms with Crippen LogP contribution in [-0.4, -0.2) is 37.1 Å². The molecule has 0 aromatic heterocycles. The average Bonchev–Trinajstić information content (AvgIpc) is 2.97. The molecule has 0 bridgehead atoms. The van der Waals surface area contributed by atoms with Gasteiger partial charge in [0.15, 0.2) is 17.2 Å². The summed E-state index contributed by atoms with van der Waals surface area (Å²) < 4.78 is 11.1. The molecule has 0 fully saturated rings. The van der Waals surface area contributed by atoms with Crippen molar-refractivity contribution in [2.24, 2.45) is 10.2 Å². The van der Waals surface area contributed by atoms with Crippen LogP contribution in [0.15, 0.2) is 65.3 Å². The predicted octanol–water partition coefficient (Wildman–Crippen LogP) is 3.20. The molecule has 6 nitrogen and oxygen atoms in total. The van der Waals surface area contributed by atoms with Gasteiger partial charge in [0.05, 0.1) is 11.4 Å². The highest BCUT2D eigenvalue weighted by atomic mass is 16.6. The lowest BCUT2D eigenvalue weighted by Gasteiger charge is -2.18. The molecule has 0 N–H and O–H groups in total. The fourth-order valence-corrected chi connectivity index (χ4v) is 3.12. The number of nitrogens with zero attached hydrogens (tertiary/aromatic N) is 3. The second kappa shape index (κ2) is 7.07. The first-order chi connectivity index (χ1) is 13.2. The lowest BCUT2D eigenvalue weighted by molar-refractivity contribution is -0.112. The van der Waals surface area contributed by atoms with Crippen molar-refractivity contribution in [3.05, 3.63) is 66.2 Å². The van der Waals surface area contributed by atoms with Crippen LogP contribution < -0.4 is 14.4 Å². The summed E-state index contributed by atoms with van der Waals surface area (Å²) in [7, 11) is 0. The van der Waals surface area contributed by atoms with Crippen LogP contribution in [-0.2, 0) is 4.79 Å². The third kappa shape index (κ3) is 3.10. The number of ether oxygens (including phenoxy) is 2. The smallest absolute Gasteiger partial charge is 0.279 e. The summed E-state index contributed by atoms with van der Waals surface area (Å²) in [6.45, 7) is 7.08. The van der Waals surface area contributed by atoms with Crippen LogP contribution in [0.1, 0.15) is 18.1 Å². The van der Waals surface area contributed by atoms with Crippen LogP contribution in [0.4, 0.5) is 5.69 Å². The summed E-state index contributed by atoms with van der Waals surface area (Å²) in [4.78, 5) is 14.4. The first-order valence-electron chi connectivity index (χ1n) is 8.73. The minimum absolute atomic E-state index is 0.171. The summed E-state index contributed by atoms with van der Waals surface area (Å²) in [5, 5.41) is 8.58. The Labute approximate surface area is 157 Å². The molecule has 2 aromatic carbocycles. The van der Waals surface area contributed by atoms with Crippen molar-refractivity contribution in [1.29, 1.82) is 0 Å². The van der Waals surface area contributed by atoms with Gasteiger partial charge in [-0.1, -0.05) is 24.3 Å².